The van der Waals surface area contributed by atoms with Gasteiger partial charge in [-0.1, -0.05) is 25.7 Å². The number of fused-ring (bicyclic) bond motifs is 1. The molecule has 3 atom stereocenters. The van der Waals surface area contributed by atoms with Crippen molar-refractivity contribution in [3.05, 3.63) is 0 Å². The van der Waals surface area contributed by atoms with Crippen molar-refractivity contribution >= 4 is 11.9 Å². The standard InChI is InChI=1S/C15H24O4/c1-18-14(16)8-9-15(17)19-13-7-6-11-4-2-3-5-12(11)10-13/h11-13H,2-10H2,1H3. The average molecular weight is 268 g/mol. The summed E-state index contributed by atoms with van der Waals surface area (Å²) in [4.78, 5) is 22.6. The Morgan fingerprint density at radius 3 is 2.37 bits per heavy atom. The summed E-state index contributed by atoms with van der Waals surface area (Å²) in [6.45, 7) is 0. The molecule has 0 aromatic heterocycles. The van der Waals surface area contributed by atoms with Crippen LogP contribution in [0.2, 0.25) is 0 Å². The smallest absolute Gasteiger partial charge is 0.306 e. The van der Waals surface area contributed by atoms with Crippen LogP contribution in [-0.2, 0) is 19.1 Å². The number of ether oxygens (including phenoxy) is 2. The molecule has 0 spiro atoms. The normalized spacial score (nSPS) is 30.3. The Kier molecular flexibility index (Phi) is 5.23. The lowest BCUT2D eigenvalue weighted by Crippen LogP contribution is -2.33. The summed E-state index contributed by atoms with van der Waals surface area (Å²) >= 11 is 0. The molecule has 108 valence electrons. The van der Waals surface area contributed by atoms with Crippen molar-refractivity contribution in [1.29, 1.82) is 0 Å². The Morgan fingerprint density at radius 1 is 0.947 bits per heavy atom. The Labute approximate surface area is 114 Å². The average Bonchev–Trinajstić information content (AvgIpc) is 2.44. The summed E-state index contributed by atoms with van der Waals surface area (Å²) in [5.74, 6) is 0.997. The summed E-state index contributed by atoms with van der Waals surface area (Å²) in [5, 5.41) is 0. The molecular formula is C15H24O4. The van der Waals surface area contributed by atoms with E-state index in [0.29, 0.717) is 0 Å². The van der Waals surface area contributed by atoms with Gasteiger partial charge in [0.25, 0.3) is 0 Å². The molecule has 2 aliphatic rings. The van der Waals surface area contributed by atoms with E-state index in [2.05, 4.69) is 4.74 Å². The van der Waals surface area contributed by atoms with Crippen LogP contribution in [-0.4, -0.2) is 25.2 Å². The predicted molar refractivity (Wildman–Crippen MR) is 70.4 cm³/mol. The molecule has 0 heterocycles. The van der Waals surface area contributed by atoms with E-state index in [4.69, 9.17) is 4.74 Å². The van der Waals surface area contributed by atoms with E-state index in [0.717, 1.165) is 24.7 Å². The molecule has 3 unspecified atom stereocenters. The van der Waals surface area contributed by atoms with Gasteiger partial charge in [-0.2, -0.15) is 0 Å². The lowest BCUT2D eigenvalue weighted by atomic mass is 9.70. The summed E-state index contributed by atoms with van der Waals surface area (Å²) in [5.41, 5.74) is 0. The van der Waals surface area contributed by atoms with Gasteiger partial charge in [0.1, 0.15) is 6.10 Å². The van der Waals surface area contributed by atoms with Crippen molar-refractivity contribution in [1.82, 2.24) is 0 Å². The Hall–Kier alpha value is -1.06. The number of hydrogen-bond donors (Lipinski definition) is 0. The third kappa shape index (κ3) is 4.22. The van der Waals surface area contributed by atoms with Gasteiger partial charge in [-0.25, -0.2) is 0 Å². The molecule has 0 radical (unpaired) electrons. The summed E-state index contributed by atoms with van der Waals surface area (Å²) in [7, 11) is 1.33. The molecule has 2 fully saturated rings. The second kappa shape index (κ2) is 6.92. The molecule has 0 saturated heterocycles. The molecular weight excluding hydrogens is 244 g/mol. The second-order valence-corrected chi connectivity index (χ2v) is 5.81. The highest BCUT2D eigenvalue weighted by molar-refractivity contribution is 5.77. The van der Waals surface area contributed by atoms with Crippen LogP contribution in [0.5, 0.6) is 0 Å². The van der Waals surface area contributed by atoms with Crippen molar-refractivity contribution in [2.45, 2.75) is 63.9 Å². The van der Waals surface area contributed by atoms with E-state index < -0.39 is 0 Å². The lowest BCUT2D eigenvalue weighted by Gasteiger charge is -2.38. The van der Waals surface area contributed by atoms with E-state index in [9.17, 15) is 9.59 Å². The van der Waals surface area contributed by atoms with Crippen molar-refractivity contribution in [2.75, 3.05) is 7.11 Å². The number of methoxy groups -OCH3 is 1. The molecule has 0 bridgehead atoms. The number of carbonyl (C=O) groups excluding carboxylic acids is 2. The van der Waals surface area contributed by atoms with E-state index in [-0.39, 0.29) is 30.9 Å². The van der Waals surface area contributed by atoms with Crippen LogP contribution >= 0.6 is 0 Å². The second-order valence-electron chi connectivity index (χ2n) is 5.81. The van der Waals surface area contributed by atoms with Gasteiger partial charge in [0.15, 0.2) is 0 Å². The van der Waals surface area contributed by atoms with Crippen molar-refractivity contribution in [2.24, 2.45) is 11.8 Å². The highest BCUT2D eigenvalue weighted by Gasteiger charge is 2.33. The van der Waals surface area contributed by atoms with Crippen LogP contribution in [0, 0.1) is 11.8 Å². The molecule has 0 amide bonds. The molecule has 0 aromatic carbocycles. The zero-order chi connectivity index (χ0) is 13.7. The summed E-state index contributed by atoms with van der Waals surface area (Å²) < 4.78 is 10.0. The first-order valence-electron chi connectivity index (χ1n) is 7.45. The highest BCUT2D eigenvalue weighted by Crippen LogP contribution is 2.41. The van der Waals surface area contributed by atoms with Crippen LogP contribution in [0.1, 0.15) is 57.8 Å². The van der Waals surface area contributed by atoms with Crippen LogP contribution < -0.4 is 0 Å². The lowest BCUT2D eigenvalue weighted by molar-refractivity contribution is -0.155. The quantitative estimate of drug-likeness (QED) is 0.736. The van der Waals surface area contributed by atoms with Gasteiger partial charge >= 0.3 is 11.9 Å². The fourth-order valence-corrected chi connectivity index (χ4v) is 3.49. The van der Waals surface area contributed by atoms with Crippen LogP contribution in [0.15, 0.2) is 0 Å². The van der Waals surface area contributed by atoms with E-state index in [1.54, 1.807) is 0 Å². The largest absolute Gasteiger partial charge is 0.469 e. The summed E-state index contributed by atoms with van der Waals surface area (Å²) in [6, 6.07) is 0. The van der Waals surface area contributed by atoms with Gasteiger partial charge in [0.2, 0.25) is 0 Å². The number of carbonyl (C=O) groups is 2. The fourth-order valence-electron chi connectivity index (χ4n) is 3.49. The molecule has 4 nitrogen and oxygen atoms in total. The Bertz CT molecular complexity index is 326. The SMILES string of the molecule is COC(=O)CCC(=O)OC1CCC2CCCCC2C1. The predicted octanol–water partition coefficient (Wildman–Crippen LogP) is 2.84. The van der Waals surface area contributed by atoms with Gasteiger partial charge in [0, 0.05) is 0 Å². The summed E-state index contributed by atoms with van der Waals surface area (Å²) in [6.07, 6.45) is 8.87. The Morgan fingerprint density at radius 2 is 1.63 bits per heavy atom. The monoisotopic (exact) mass is 268 g/mol. The number of esters is 2. The molecule has 19 heavy (non-hydrogen) atoms. The minimum atomic E-state index is -0.354. The van der Waals surface area contributed by atoms with E-state index in [1.165, 1.54) is 39.2 Å². The molecule has 2 rings (SSSR count). The molecule has 0 aromatic rings. The minimum Gasteiger partial charge on any atom is -0.469 e. The molecule has 0 aliphatic heterocycles. The van der Waals surface area contributed by atoms with E-state index in [1.807, 2.05) is 0 Å². The Balaban J connectivity index is 1.71. The zero-order valence-corrected chi connectivity index (χ0v) is 11.7. The first kappa shape index (κ1) is 14.4. The molecule has 4 heteroatoms. The molecule has 0 N–H and O–H groups in total. The van der Waals surface area contributed by atoms with Crippen molar-refractivity contribution in [3.63, 3.8) is 0 Å². The molecule has 2 saturated carbocycles. The van der Waals surface area contributed by atoms with Gasteiger partial charge in [-0.3, -0.25) is 9.59 Å². The van der Waals surface area contributed by atoms with Crippen LogP contribution in [0.25, 0.3) is 0 Å². The number of rotatable bonds is 4. The highest BCUT2D eigenvalue weighted by atomic mass is 16.5. The molecule has 2 aliphatic carbocycles. The first-order valence-corrected chi connectivity index (χ1v) is 7.45. The first-order chi connectivity index (χ1) is 9.19. The van der Waals surface area contributed by atoms with Gasteiger partial charge in [-0.05, 0) is 31.1 Å². The maximum atomic E-state index is 11.7. The topological polar surface area (TPSA) is 52.6 Å². The van der Waals surface area contributed by atoms with Gasteiger partial charge < -0.3 is 9.47 Å². The third-order valence-corrected chi connectivity index (χ3v) is 4.55. The fraction of sp³-hybridized carbons (Fsp3) is 0.867. The van der Waals surface area contributed by atoms with Crippen LogP contribution in [0.3, 0.4) is 0 Å². The minimum absolute atomic E-state index is 0.0736. The van der Waals surface area contributed by atoms with Crippen LogP contribution in [0.4, 0.5) is 0 Å². The number of hydrogen-bond acceptors (Lipinski definition) is 4. The van der Waals surface area contributed by atoms with Gasteiger partial charge in [0.05, 0.1) is 20.0 Å². The maximum Gasteiger partial charge on any atom is 0.306 e. The van der Waals surface area contributed by atoms with E-state index >= 15 is 0 Å². The zero-order valence-electron chi connectivity index (χ0n) is 11.7. The van der Waals surface area contributed by atoms with Crippen molar-refractivity contribution < 1.29 is 19.1 Å². The maximum absolute atomic E-state index is 11.7. The van der Waals surface area contributed by atoms with Crippen molar-refractivity contribution in [3.8, 4) is 0 Å². The van der Waals surface area contributed by atoms with Gasteiger partial charge in [-0.15, -0.1) is 0 Å². The third-order valence-electron chi connectivity index (χ3n) is 4.55.